The van der Waals surface area contributed by atoms with Gasteiger partial charge in [0.25, 0.3) is 0 Å². The third kappa shape index (κ3) is 8.50. The van der Waals surface area contributed by atoms with Gasteiger partial charge >= 0.3 is 23.9 Å². The zero-order valence-electron chi connectivity index (χ0n) is 51.3. The first kappa shape index (κ1) is 61.0. The predicted octanol–water partition coefficient (Wildman–Crippen LogP) is 16.0. The van der Waals surface area contributed by atoms with Gasteiger partial charge in [0.2, 0.25) is 0 Å². The summed E-state index contributed by atoms with van der Waals surface area (Å²) in [5.41, 5.74) is 1.04. The summed E-state index contributed by atoms with van der Waals surface area (Å²) >= 11 is 13.5. The molecule has 0 amide bonds. The molecule has 16 heteroatoms. The van der Waals surface area contributed by atoms with E-state index in [2.05, 4.69) is 63.7 Å². The van der Waals surface area contributed by atoms with E-state index in [4.69, 9.17) is 18.9 Å². The van der Waals surface area contributed by atoms with Gasteiger partial charge in [-0.2, -0.15) is 0 Å². The van der Waals surface area contributed by atoms with Crippen molar-refractivity contribution in [3.8, 4) is 0 Å². The number of ketones is 4. The number of carbonyl (C=O) groups is 8. The first-order valence-electron chi connectivity index (χ1n) is 34.5. The zero-order chi connectivity index (χ0) is 63.1. The first-order valence-corrected chi connectivity index (χ1v) is 37.6. The van der Waals surface area contributed by atoms with E-state index in [1.54, 1.807) is 48.5 Å². The van der Waals surface area contributed by atoms with Crippen LogP contribution < -0.4 is 0 Å². The van der Waals surface area contributed by atoms with Crippen molar-refractivity contribution in [1.29, 1.82) is 0 Å². The summed E-state index contributed by atoms with van der Waals surface area (Å²) in [4.78, 5) is 101. The molecule has 4 aromatic carbocycles. The lowest BCUT2D eigenvalue weighted by molar-refractivity contribution is -0.162. The molecule has 20 rings (SSSR count). The molecule has 0 aliphatic heterocycles. The van der Waals surface area contributed by atoms with E-state index in [1.807, 2.05) is 48.5 Å². The maximum Gasteiger partial charge on any atom is 0.338 e. The van der Waals surface area contributed by atoms with Crippen molar-refractivity contribution in [3.63, 3.8) is 0 Å². The van der Waals surface area contributed by atoms with E-state index in [-0.39, 0.29) is 70.0 Å². The molecule has 0 saturated heterocycles. The second kappa shape index (κ2) is 22.5. The van der Waals surface area contributed by atoms with Gasteiger partial charge in [-0.05, 0) is 294 Å². The Labute approximate surface area is 570 Å². The second-order valence-corrected chi connectivity index (χ2v) is 34.3. The number of fused-ring (bicyclic) bond motifs is 4. The van der Waals surface area contributed by atoms with Gasteiger partial charge in [0.05, 0.1) is 43.9 Å². The molecule has 0 bridgehead atoms. The smallest absolute Gasteiger partial charge is 0.338 e. The van der Waals surface area contributed by atoms with E-state index < -0.39 is 0 Å². The molecule has 16 aliphatic rings. The van der Waals surface area contributed by atoms with Gasteiger partial charge < -0.3 is 18.9 Å². The summed E-state index contributed by atoms with van der Waals surface area (Å²) in [6.07, 6.45) is 19.6. The SMILES string of the molecule is O=C(O[C@H]1C[C@H]2CC[C@@H]3[C@H]2[C@]12C(=O)CC[C@@H]32)c1ccc(Br)cc1.O=C(O[C@H]1C[C@H]2CC[C@@H]3[C@H]2[C@]12C(=O)CC[C@@H]32)c1ccc(Br)cc1.O=C(O[C@H]1C[C@H]2CC[C@@H]3[C@H]2[C@]12C(=O)CC[C@@H]32)c1ccc(Br)cc1.O=C(O[C@H]1C[C@H]2CC[C@@H]3[C@H]2[C@]12C(=O)CC[C@@H]32)c1ccc(Br)cc1. The number of carbonyl (C=O) groups excluding carboxylic acids is 8. The second-order valence-electron chi connectivity index (χ2n) is 30.7. The van der Waals surface area contributed by atoms with Crippen molar-refractivity contribution in [1.82, 2.24) is 0 Å². The third-order valence-electron chi connectivity index (χ3n) is 28.3. The minimum atomic E-state index is -0.309. The number of Topliss-reactive ketones (excluding diaryl/α,β-unsaturated/α-hetero) is 4. The fourth-order valence-corrected chi connectivity index (χ4v) is 26.8. The predicted molar refractivity (Wildman–Crippen MR) is 351 cm³/mol. The molecule has 24 atom stereocenters. The van der Waals surface area contributed by atoms with Crippen LogP contribution >= 0.6 is 63.7 Å². The van der Waals surface area contributed by atoms with Crippen molar-refractivity contribution in [2.75, 3.05) is 0 Å². The van der Waals surface area contributed by atoms with Crippen LogP contribution in [-0.2, 0) is 38.1 Å². The molecule has 0 aromatic heterocycles. The van der Waals surface area contributed by atoms with Crippen LogP contribution in [-0.4, -0.2) is 71.4 Å². The molecular weight excluding hydrogens is 1420 g/mol. The molecule has 16 aliphatic carbocycles. The third-order valence-corrected chi connectivity index (χ3v) is 30.4. The minimum absolute atomic E-state index is 0.190. The van der Waals surface area contributed by atoms with Gasteiger partial charge in [-0.25, -0.2) is 19.2 Å². The molecular formula is C76H76Br4O12. The number of esters is 4. The number of rotatable bonds is 8. The van der Waals surface area contributed by atoms with Crippen LogP contribution in [0.25, 0.3) is 0 Å². The van der Waals surface area contributed by atoms with Crippen LogP contribution in [0.5, 0.6) is 0 Å². The van der Waals surface area contributed by atoms with Crippen LogP contribution in [0.15, 0.2) is 115 Å². The molecule has 0 N–H and O–H groups in total. The number of hydrogen-bond acceptors (Lipinski definition) is 12. The summed E-state index contributed by atoms with van der Waals surface area (Å²) < 4.78 is 27.5. The van der Waals surface area contributed by atoms with Crippen LogP contribution in [0.3, 0.4) is 0 Å². The number of benzene rings is 4. The standard InChI is InChI=1S/4C19H19BrO3/c4*20-12-4-1-10(2-5-12)18(22)23-16-9-11-3-6-13-14-7-8-15(21)19(14,16)17(11)13/h4*1-2,4-5,11,13-14,16-17H,3,6-9H2/t4*11-,13+,14+,16+,17+,19-/m1111/s1. The highest BCUT2D eigenvalue weighted by atomic mass is 79.9. The lowest BCUT2D eigenvalue weighted by atomic mass is 9.49. The van der Waals surface area contributed by atoms with Crippen molar-refractivity contribution >= 4 is 111 Å². The molecule has 4 spiro atoms. The molecule has 12 nitrogen and oxygen atoms in total. The molecule has 92 heavy (non-hydrogen) atoms. The van der Waals surface area contributed by atoms with E-state index >= 15 is 0 Å². The normalized spacial score (nSPS) is 43.0. The van der Waals surface area contributed by atoms with Gasteiger partial charge in [-0.3, -0.25) is 19.2 Å². The fourth-order valence-electron chi connectivity index (χ4n) is 25.8. The van der Waals surface area contributed by atoms with Gasteiger partial charge in [0, 0.05) is 43.6 Å². The highest BCUT2D eigenvalue weighted by molar-refractivity contribution is 9.11. The Bertz CT molecular complexity index is 3270. The maximum atomic E-state index is 12.7. The monoisotopic (exact) mass is 1500 g/mol. The molecule has 480 valence electrons. The molecule has 16 saturated carbocycles. The van der Waals surface area contributed by atoms with Gasteiger partial charge in [0.15, 0.2) is 0 Å². The molecule has 0 unspecified atom stereocenters. The first-order chi connectivity index (χ1) is 44.5. The Morgan fingerprint density at radius 3 is 0.685 bits per heavy atom. The van der Waals surface area contributed by atoms with E-state index in [9.17, 15) is 38.4 Å². The minimum Gasteiger partial charge on any atom is -0.458 e. The summed E-state index contributed by atoms with van der Waals surface area (Å²) in [7, 11) is 0. The largest absolute Gasteiger partial charge is 0.458 e. The lowest BCUT2D eigenvalue weighted by Crippen LogP contribution is -2.59. The topological polar surface area (TPSA) is 173 Å². The highest BCUT2D eigenvalue weighted by Crippen LogP contribution is 2.80. The van der Waals surface area contributed by atoms with Crippen molar-refractivity contribution in [2.24, 2.45) is 116 Å². The summed E-state index contributed by atoms with van der Waals surface area (Å²) in [6.45, 7) is 0. The van der Waals surface area contributed by atoms with Crippen LogP contribution in [0.2, 0.25) is 0 Å². The summed E-state index contributed by atoms with van der Waals surface area (Å²) in [5, 5.41) is 0. The Balaban J connectivity index is 0.0000000939. The molecule has 4 aromatic rings. The molecule has 16 fully saturated rings. The lowest BCUT2D eigenvalue weighted by Gasteiger charge is -2.54. The van der Waals surface area contributed by atoms with E-state index in [0.717, 1.165) is 92.9 Å². The Morgan fingerprint density at radius 2 is 0.489 bits per heavy atom. The van der Waals surface area contributed by atoms with Gasteiger partial charge in [-0.1, -0.05) is 63.7 Å². The van der Waals surface area contributed by atoms with Crippen molar-refractivity contribution in [3.05, 3.63) is 137 Å². The van der Waals surface area contributed by atoms with Gasteiger partial charge in [-0.15, -0.1) is 0 Å². The summed E-state index contributed by atoms with van der Waals surface area (Å²) in [6, 6.07) is 29.0. The average Bonchev–Trinajstić information content (AvgIpc) is 1.52. The Hall–Kier alpha value is -4.64. The van der Waals surface area contributed by atoms with E-state index in [0.29, 0.717) is 142 Å². The van der Waals surface area contributed by atoms with Crippen LogP contribution in [0.1, 0.15) is 170 Å². The maximum absolute atomic E-state index is 12.7. The quantitative estimate of drug-likeness (QED) is 0.121. The number of ether oxygens (including phenoxy) is 4. The zero-order valence-corrected chi connectivity index (χ0v) is 57.7. The Kier molecular flexibility index (Phi) is 14.9. The van der Waals surface area contributed by atoms with Gasteiger partial charge in [0.1, 0.15) is 47.5 Å². The molecule has 0 heterocycles. The van der Waals surface area contributed by atoms with Crippen LogP contribution in [0, 0.1) is 116 Å². The van der Waals surface area contributed by atoms with Crippen molar-refractivity contribution < 1.29 is 57.3 Å². The Morgan fingerprint density at radius 1 is 0.293 bits per heavy atom. The number of hydrogen-bond donors (Lipinski definition) is 0. The number of halogens is 4. The van der Waals surface area contributed by atoms with Crippen LogP contribution in [0.4, 0.5) is 0 Å². The highest BCUT2D eigenvalue weighted by Gasteiger charge is 2.82. The van der Waals surface area contributed by atoms with E-state index in [1.165, 1.54) is 51.4 Å². The fraction of sp³-hybridized carbons (Fsp3) is 0.579. The average molecular weight is 1500 g/mol. The molecule has 0 radical (unpaired) electrons. The van der Waals surface area contributed by atoms with Crippen molar-refractivity contribution in [2.45, 2.75) is 153 Å². The summed E-state index contributed by atoms with van der Waals surface area (Å²) in [5.74, 6) is 9.63.